The zero-order chi connectivity index (χ0) is 11.4. The van der Waals surface area contributed by atoms with Gasteiger partial charge in [0.2, 0.25) is 0 Å². The van der Waals surface area contributed by atoms with Crippen molar-refractivity contribution in [1.82, 2.24) is 0 Å². The molecule has 0 atom stereocenters. The first-order valence-electron chi connectivity index (χ1n) is 4.30. The first-order chi connectivity index (χ1) is 6.46. The van der Waals surface area contributed by atoms with Crippen molar-refractivity contribution < 1.29 is 30.0 Å². The maximum atomic E-state index is 8.56. The van der Waals surface area contributed by atoms with Crippen LogP contribution in [0.1, 0.15) is 53.4 Å². The van der Waals surface area contributed by atoms with E-state index in [0.717, 1.165) is 0 Å². The molecule has 0 unspecified atom stereocenters. The van der Waals surface area contributed by atoms with Crippen LogP contribution in [0.25, 0.3) is 0 Å². The van der Waals surface area contributed by atoms with Gasteiger partial charge in [-0.15, -0.1) is 0 Å². The quantitative estimate of drug-likeness (QED) is 0.507. The van der Waals surface area contributed by atoms with Crippen molar-refractivity contribution in [3.05, 3.63) is 0 Å². The average Bonchev–Trinajstić information content (AvgIpc) is 2.05. The summed E-state index contributed by atoms with van der Waals surface area (Å²) in [6, 6.07) is 0. The van der Waals surface area contributed by atoms with Crippen molar-refractivity contribution in [2.45, 2.75) is 53.4 Å². The van der Waals surface area contributed by atoms with Crippen molar-refractivity contribution in [1.29, 1.82) is 0 Å². The number of carbonyl (C=O) groups is 2. The van der Waals surface area contributed by atoms with Crippen LogP contribution in [0, 0.1) is 0 Å². The molecular weight excluding hydrogens is 216 g/mol. The molecule has 1 aliphatic rings. The van der Waals surface area contributed by atoms with E-state index in [1.807, 2.05) is 0 Å². The molecule has 4 N–H and O–H groups in total. The standard InChI is InChI=1S/C6H12.2CH2O3.2CH4/c1-2-4-6-5-3-1;2*2-1(3)4;;/h1-6H2;2*(H2,2,3,4);2*1H4. The first kappa shape index (κ1) is 24.0. The van der Waals surface area contributed by atoms with E-state index in [4.69, 9.17) is 30.0 Å². The van der Waals surface area contributed by atoms with Crippen molar-refractivity contribution in [3.63, 3.8) is 0 Å². The average molecular weight is 240 g/mol. The predicted molar refractivity (Wildman–Crippen MR) is 62.5 cm³/mol. The number of rotatable bonds is 0. The van der Waals surface area contributed by atoms with Crippen LogP contribution in [0.15, 0.2) is 0 Å². The largest absolute Gasteiger partial charge is 0.503 e. The van der Waals surface area contributed by atoms with Crippen LogP contribution in [-0.2, 0) is 0 Å². The Hall–Kier alpha value is -1.46. The Morgan fingerprint density at radius 1 is 0.562 bits per heavy atom. The summed E-state index contributed by atoms with van der Waals surface area (Å²) in [5.74, 6) is 0. The van der Waals surface area contributed by atoms with Crippen molar-refractivity contribution >= 4 is 12.3 Å². The highest BCUT2D eigenvalue weighted by atomic mass is 16.6. The zero-order valence-electron chi connectivity index (χ0n) is 7.85. The molecule has 6 heteroatoms. The predicted octanol–water partition coefficient (Wildman–Crippen LogP) is 4.06. The Morgan fingerprint density at radius 2 is 0.625 bits per heavy atom. The van der Waals surface area contributed by atoms with Gasteiger partial charge in [-0.25, -0.2) is 9.59 Å². The van der Waals surface area contributed by atoms with Gasteiger partial charge >= 0.3 is 12.3 Å². The summed E-state index contributed by atoms with van der Waals surface area (Å²) < 4.78 is 0. The summed E-state index contributed by atoms with van der Waals surface area (Å²) >= 11 is 0. The number of carboxylic acid groups (broad SMARTS) is 4. The fourth-order valence-corrected chi connectivity index (χ4v) is 1.06. The molecule has 0 aromatic carbocycles. The molecule has 0 aromatic rings. The van der Waals surface area contributed by atoms with Crippen LogP contribution >= 0.6 is 0 Å². The summed E-state index contributed by atoms with van der Waals surface area (Å²) in [4.78, 5) is 17.1. The minimum Gasteiger partial charge on any atom is -0.450 e. The summed E-state index contributed by atoms with van der Waals surface area (Å²) in [5, 5.41) is 27.9. The Bertz CT molecular complexity index is 122. The van der Waals surface area contributed by atoms with Gasteiger partial charge in [-0.1, -0.05) is 53.4 Å². The van der Waals surface area contributed by atoms with E-state index >= 15 is 0 Å². The lowest BCUT2D eigenvalue weighted by Gasteiger charge is -2.05. The third kappa shape index (κ3) is 81.0. The van der Waals surface area contributed by atoms with Gasteiger partial charge < -0.3 is 20.4 Å². The first-order valence-corrected chi connectivity index (χ1v) is 4.30. The molecule has 0 aliphatic heterocycles. The topological polar surface area (TPSA) is 115 Å². The molecule has 0 radical (unpaired) electrons. The lowest BCUT2D eigenvalue weighted by Crippen LogP contribution is -1.85. The molecule has 1 saturated carbocycles. The van der Waals surface area contributed by atoms with E-state index in [9.17, 15) is 0 Å². The van der Waals surface area contributed by atoms with Gasteiger partial charge in [-0.3, -0.25) is 0 Å². The molecule has 0 spiro atoms. The smallest absolute Gasteiger partial charge is 0.450 e. The highest BCUT2D eigenvalue weighted by Gasteiger charge is 1.95. The summed E-state index contributed by atoms with van der Waals surface area (Å²) in [6.45, 7) is 0. The van der Waals surface area contributed by atoms with Crippen LogP contribution in [-0.4, -0.2) is 32.7 Å². The van der Waals surface area contributed by atoms with E-state index in [-0.39, 0.29) is 14.9 Å². The summed E-state index contributed by atoms with van der Waals surface area (Å²) in [6.07, 6.45) is 5.33. The van der Waals surface area contributed by atoms with Crippen LogP contribution in [0.5, 0.6) is 0 Å². The molecule has 1 rings (SSSR count). The molecule has 0 aromatic heterocycles. The second-order valence-corrected chi connectivity index (χ2v) is 2.69. The monoisotopic (exact) mass is 240 g/mol. The second kappa shape index (κ2) is 19.2. The van der Waals surface area contributed by atoms with Gasteiger partial charge in [0.15, 0.2) is 0 Å². The van der Waals surface area contributed by atoms with Crippen LogP contribution in [0.3, 0.4) is 0 Å². The minimum absolute atomic E-state index is 0. The summed E-state index contributed by atoms with van der Waals surface area (Å²) in [5.41, 5.74) is 0. The maximum absolute atomic E-state index is 8.56. The highest BCUT2D eigenvalue weighted by molar-refractivity contribution is 5.53. The second-order valence-electron chi connectivity index (χ2n) is 2.69. The Labute approximate surface area is 96.5 Å². The van der Waals surface area contributed by atoms with Crippen molar-refractivity contribution in [3.8, 4) is 0 Å². The Balaban J connectivity index is -0.0000000660. The number of hydrogen-bond donors (Lipinski definition) is 4. The molecule has 100 valence electrons. The van der Waals surface area contributed by atoms with E-state index in [1.165, 1.54) is 38.5 Å². The third-order valence-electron chi connectivity index (χ3n) is 1.50. The minimum atomic E-state index is -1.83. The molecule has 6 nitrogen and oxygen atoms in total. The molecule has 0 amide bonds. The van der Waals surface area contributed by atoms with Gasteiger partial charge in [-0.2, -0.15) is 0 Å². The van der Waals surface area contributed by atoms with Gasteiger partial charge in [0.1, 0.15) is 0 Å². The van der Waals surface area contributed by atoms with Gasteiger partial charge in [0.05, 0.1) is 0 Å². The lowest BCUT2D eigenvalue weighted by molar-refractivity contribution is 0.135. The maximum Gasteiger partial charge on any atom is 0.503 e. The molecular formula is C10H24O6. The molecule has 16 heavy (non-hydrogen) atoms. The van der Waals surface area contributed by atoms with E-state index in [1.54, 1.807) is 0 Å². The Morgan fingerprint density at radius 3 is 0.688 bits per heavy atom. The lowest BCUT2D eigenvalue weighted by atomic mass is 10.0. The van der Waals surface area contributed by atoms with Crippen molar-refractivity contribution in [2.24, 2.45) is 0 Å². The third-order valence-corrected chi connectivity index (χ3v) is 1.50. The van der Waals surface area contributed by atoms with E-state index in [0.29, 0.717) is 0 Å². The molecule has 0 heterocycles. The van der Waals surface area contributed by atoms with Crippen LogP contribution in [0.4, 0.5) is 9.59 Å². The van der Waals surface area contributed by atoms with E-state index < -0.39 is 12.3 Å². The van der Waals surface area contributed by atoms with Gasteiger partial charge in [0.25, 0.3) is 0 Å². The zero-order valence-corrected chi connectivity index (χ0v) is 7.85. The molecule has 0 saturated heterocycles. The molecule has 1 aliphatic carbocycles. The summed E-state index contributed by atoms with van der Waals surface area (Å²) in [7, 11) is 0. The molecule has 1 fully saturated rings. The fraction of sp³-hybridized carbons (Fsp3) is 0.800. The molecule has 0 bridgehead atoms. The number of hydrogen-bond acceptors (Lipinski definition) is 2. The van der Waals surface area contributed by atoms with Crippen LogP contribution < -0.4 is 0 Å². The Kier molecular flexibility index (Phi) is 28.7. The van der Waals surface area contributed by atoms with Crippen LogP contribution in [0.2, 0.25) is 0 Å². The van der Waals surface area contributed by atoms with Crippen molar-refractivity contribution in [2.75, 3.05) is 0 Å². The highest BCUT2D eigenvalue weighted by Crippen LogP contribution is 2.15. The van der Waals surface area contributed by atoms with Gasteiger partial charge in [0, 0.05) is 0 Å². The van der Waals surface area contributed by atoms with Gasteiger partial charge in [-0.05, 0) is 0 Å². The normalized spacial score (nSPS) is 12.0. The van der Waals surface area contributed by atoms with E-state index in [2.05, 4.69) is 0 Å². The fourth-order valence-electron chi connectivity index (χ4n) is 1.06. The SMILES string of the molecule is C.C.C1CCCCC1.O=C(O)O.O=C(O)O.